The number of carboxylic acids is 1. The van der Waals surface area contributed by atoms with Crippen LogP contribution in [0.5, 0.6) is 0 Å². The Labute approximate surface area is 102 Å². The van der Waals surface area contributed by atoms with Crippen molar-refractivity contribution < 1.29 is 9.90 Å². The molecule has 1 aromatic rings. The van der Waals surface area contributed by atoms with Crippen LogP contribution in [0.4, 0.5) is 0 Å². The van der Waals surface area contributed by atoms with E-state index in [1.807, 2.05) is 31.2 Å². The van der Waals surface area contributed by atoms with Crippen LogP contribution in [0.1, 0.15) is 18.5 Å². The summed E-state index contributed by atoms with van der Waals surface area (Å²) in [4.78, 5) is 10.9. The average Bonchev–Trinajstić information content (AvgIpc) is 2.61. The molecule has 1 aliphatic heterocycles. The molecule has 86 valence electrons. The van der Waals surface area contributed by atoms with Crippen molar-refractivity contribution in [2.45, 2.75) is 19.0 Å². The fourth-order valence-corrected chi connectivity index (χ4v) is 2.24. The van der Waals surface area contributed by atoms with E-state index in [1.165, 1.54) is 0 Å². The van der Waals surface area contributed by atoms with Crippen LogP contribution in [0.3, 0.4) is 0 Å². The molecule has 3 N–H and O–H groups in total. The van der Waals surface area contributed by atoms with E-state index in [2.05, 4.69) is 26.8 Å². The Morgan fingerprint density at radius 1 is 1.31 bits per heavy atom. The van der Waals surface area contributed by atoms with Crippen molar-refractivity contribution in [2.75, 3.05) is 0 Å². The minimum atomic E-state index is -0.820. The van der Waals surface area contributed by atoms with Gasteiger partial charge in [-0.25, -0.2) is 10.9 Å². The molecule has 1 saturated heterocycles. The fourth-order valence-electron chi connectivity index (χ4n) is 1.98. The molecule has 0 amide bonds. The number of hydrogen-bond acceptors (Lipinski definition) is 3. The zero-order chi connectivity index (χ0) is 11.7. The van der Waals surface area contributed by atoms with Crippen LogP contribution in [0.15, 0.2) is 28.7 Å². The number of carbonyl (C=O) groups is 1. The van der Waals surface area contributed by atoms with Gasteiger partial charge in [0.15, 0.2) is 0 Å². The highest BCUT2D eigenvalue weighted by atomic mass is 79.9. The molecule has 3 unspecified atom stereocenters. The maximum Gasteiger partial charge on any atom is 0.322 e. The number of halogens is 1. The quantitative estimate of drug-likeness (QED) is 0.774. The van der Waals surface area contributed by atoms with E-state index in [9.17, 15) is 4.79 Å². The van der Waals surface area contributed by atoms with E-state index in [1.54, 1.807) is 0 Å². The summed E-state index contributed by atoms with van der Waals surface area (Å²) >= 11 is 3.37. The van der Waals surface area contributed by atoms with Gasteiger partial charge in [-0.1, -0.05) is 35.0 Å². The SMILES string of the molecule is CC1C(C(=O)O)NNC1c1ccc(Br)cc1. The van der Waals surface area contributed by atoms with E-state index in [4.69, 9.17) is 5.11 Å². The number of hydrogen-bond donors (Lipinski definition) is 3. The van der Waals surface area contributed by atoms with Gasteiger partial charge in [-0.3, -0.25) is 4.79 Å². The van der Waals surface area contributed by atoms with Crippen molar-refractivity contribution in [1.82, 2.24) is 10.9 Å². The lowest BCUT2D eigenvalue weighted by atomic mass is 9.91. The normalized spacial score (nSPS) is 29.2. The predicted octanol–water partition coefficient (Wildman–Crippen LogP) is 1.69. The Bertz CT molecular complexity index is 393. The van der Waals surface area contributed by atoms with Gasteiger partial charge in [-0.05, 0) is 17.7 Å². The topological polar surface area (TPSA) is 61.4 Å². The molecule has 5 heteroatoms. The standard InChI is InChI=1S/C11H13BrN2O2/c1-6-9(13-14-10(6)11(15)16)7-2-4-8(12)5-3-7/h2-6,9-10,13-14H,1H3,(H,15,16). The molecule has 1 aromatic carbocycles. The number of hydrazine groups is 1. The smallest absolute Gasteiger partial charge is 0.322 e. The van der Waals surface area contributed by atoms with Crippen molar-refractivity contribution in [3.05, 3.63) is 34.3 Å². The van der Waals surface area contributed by atoms with Gasteiger partial charge in [-0.2, -0.15) is 0 Å². The molecular weight excluding hydrogens is 272 g/mol. The maximum atomic E-state index is 10.9. The zero-order valence-electron chi connectivity index (χ0n) is 8.77. The molecule has 0 spiro atoms. The molecule has 1 heterocycles. The van der Waals surface area contributed by atoms with Crippen LogP contribution >= 0.6 is 15.9 Å². The molecule has 0 radical (unpaired) electrons. The summed E-state index contributed by atoms with van der Waals surface area (Å²) in [7, 11) is 0. The van der Waals surface area contributed by atoms with Gasteiger partial charge < -0.3 is 5.11 Å². The Morgan fingerprint density at radius 2 is 1.94 bits per heavy atom. The summed E-state index contributed by atoms with van der Waals surface area (Å²) in [6, 6.07) is 7.40. The molecule has 0 aromatic heterocycles. The number of benzene rings is 1. The first kappa shape index (κ1) is 11.6. The first-order valence-electron chi connectivity index (χ1n) is 5.09. The molecule has 16 heavy (non-hydrogen) atoms. The van der Waals surface area contributed by atoms with Crippen molar-refractivity contribution in [2.24, 2.45) is 5.92 Å². The molecule has 2 rings (SSSR count). The number of rotatable bonds is 2. The lowest BCUT2D eigenvalue weighted by molar-refractivity contribution is -0.140. The minimum Gasteiger partial charge on any atom is -0.480 e. The first-order valence-corrected chi connectivity index (χ1v) is 5.88. The molecule has 0 bridgehead atoms. The summed E-state index contributed by atoms with van der Waals surface area (Å²) in [5.74, 6) is -0.807. The fraction of sp³-hybridized carbons (Fsp3) is 0.364. The second kappa shape index (κ2) is 4.53. The van der Waals surface area contributed by atoms with Crippen molar-refractivity contribution >= 4 is 21.9 Å². The monoisotopic (exact) mass is 284 g/mol. The summed E-state index contributed by atoms with van der Waals surface area (Å²) in [6.07, 6.45) is 0. The molecule has 0 saturated carbocycles. The molecule has 1 aliphatic rings. The van der Waals surface area contributed by atoms with Crippen molar-refractivity contribution in [1.29, 1.82) is 0 Å². The highest BCUT2D eigenvalue weighted by molar-refractivity contribution is 9.10. The largest absolute Gasteiger partial charge is 0.480 e. The molecule has 0 aliphatic carbocycles. The third kappa shape index (κ3) is 2.11. The summed E-state index contributed by atoms with van der Waals surface area (Å²) in [5.41, 5.74) is 6.92. The number of nitrogens with one attached hydrogen (secondary N) is 2. The molecular formula is C11H13BrN2O2. The zero-order valence-corrected chi connectivity index (χ0v) is 10.4. The summed E-state index contributed by atoms with van der Waals surface area (Å²) < 4.78 is 1.02. The first-order chi connectivity index (χ1) is 7.59. The van der Waals surface area contributed by atoms with E-state index in [0.29, 0.717) is 0 Å². The molecule has 1 fully saturated rings. The van der Waals surface area contributed by atoms with Gasteiger partial charge in [0.2, 0.25) is 0 Å². The lowest BCUT2D eigenvalue weighted by Gasteiger charge is -2.16. The summed E-state index contributed by atoms with van der Waals surface area (Å²) in [5, 5.41) is 8.98. The van der Waals surface area contributed by atoms with Gasteiger partial charge in [0, 0.05) is 10.4 Å². The second-order valence-corrected chi connectivity index (χ2v) is 4.91. The second-order valence-electron chi connectivity index (χ2n) is 3.99. The third-order valence-electron chi connectivity index (χ3n) is 2.94. The van der Waals surface area contributed by atoms with Gasteiger partial charge in [0.1, 0.15) is 6.04 Å². The van der Waals surface area contributed by atoms with Gasteiger partial charge in [0.05, 0.1) is 6.04 Å². The van der Waals surface area contributed by atoms with E-state index >= 15 is 0 Å². The van der Waals surface area contributed by atoms with Crippen LogP contribution in [-0.4, -0.2) is 17.1 Å². The number of carboxylic acid groups (broad SMARTS) is 1. The van der Waals surface area contributed by atoms with Gasteiger partial charge >= 0.3 is 5.97 Å². The van der Waals surface area contributed by atoms with Crippen LogP contribution in [0, 0.1) is 5.92 Å². The Morgan fingerprint density at radius 3 is 2.44 bits per heavy atom. The van der Waals surface area contributed by atoms with E-state index in [-0.39, 0.29) is 12.0 Å². The van der Waals surface area contributed by atoms with E-state index in [0.717, 1.165) is 10.0 Å². The van der Waals surface area contributed by atoms with Crippen LogP contribution in [-0.2, 0) is 4.79 Å². The van der Waals surface area contributed by atoms with Crippen molar-refractivity contribution in [3.8, 4) is 0 Å². The van der Waals surface area contributed by atoms with Crippen LogP contribution in [0.25, 0.3) is 0 Å². The Kier molecular flexibility index (Phi) is 3.28. The highest BCUT2D eigenvalue weighted by Gasteiger charge is 2.37. The van der Waals surface area contributed by atoms with E-state index < -0.39 is 12.0 Å². The third-order valence-corrected chi connectivity index (χ3v) is 3.47. The van der Waals surface area contributed by atoms with Gasteiger partial charge in [-0.15, -0.1) is 0 Å². The number of aliphatic carboxylic acids is 1. The van der Waals surface area contributed by atoms with Gasteiger partial charge in [0.25, 0.3) is 0 Å². The maximum absolute atomic E-state index is 10.9. The van der Waals surface area contributed by atoms with Crippen molar-refractivity contribution in [3.63, 3.8) is 0 Å². The molecule has 4 nitrogen and oxygen atoms in total. The molecule has 3 atom stereocenters. The Balaban J connectivity index is 2.18. The van der Waals surface area contributed by atoms with Crippen LogP contribution < -0.4 is 10.9 Å². The highest BCUT2D eigenvalue weighted by Crippen LogP contribution is 2.29. The Hall–Kier alpha value is -0.910. The predicted molar refractivity (Wildman–Crippen MR) is 63.7 cm³/mol. The minimum absolute atomic E-state index is 0.0127. The lowest BCUT2D eigenvalue weighted by Crippen LogP contribution is -2.37. The summed E-state index contributed by atoms with van der Waals surface area (Å²) in [6.45, 7) is 1.93. The van der Waals surface area contributed by atoms with Crippen LogP contribution in [0.2, 0.25) is 0 Å². The average molecular weight is 285 g/mol.